The zero-order valence-corrected chi connectivity index (χ0v) is 15.3. The van der Waals surface area contributed by atoms with Gasteiger partial charge in [-0.05, 0) is 24.1 Å². The Kier molecular flexibility index (Phi) is 6.71. The number of benzene rings is 2. The molecule has 0 bridgehead atoms. The highest BCUT2D eigenvalue weighted by molar-refractivity contribution is 5.75. The lowest BCUT2D eigenvalue weighted by Gasteiger charge is -2.20. The van der Waals surface area contributed by atoms with Gasteiger partial charge in [0.15, 0.2) is 5.75 Å². The molecule has 1 N–H and O–H groups in total. The van der Waals surface area contributed by atoms with Crippen molar-refractivity contribution in [3.8, 4) is 16.9 Å². The summed E-state index contributed by atoms with van der Waals surface area (Å²) in [5.74, 6) is -0.512. The first-order chi connectivity index (χ1) is 12.7. The normalized spacial score (nSPS) is 11.3. The number of rotatable bonds is 6. The van der Waals surface area contributed by atoms with Crippen LogP contribution in [0.1, 0.15) is 30.9 Å². The number of amides is 2. The number of carbonyl (C=O) groups excluding carboxylic acids is 1. The van der Waals surface area contributed by atoms with Crippen molar-refractivity contribution in [3.05, 3.63) is 53.6 Å². The van der Waals surface area contributed by atoms with Gasteiger partial charge in [-0.2, -0.15) is 13.2 Å². The second-order valence-corrected chi connectivity index (χ2v) is 6.32. The molecule has 27 heavy (non-hydrogen) atoms. The number of unbranched alkanes of at least 4 members (excludes halogenated alkanes) is 1. The van der Waals surface area contributed by atoms with E-state index in [-0.39, 0.29) is 17.7 Å². The third kappa shape index (κ3) is 5.39. The number of halogens is 3. The van der Waals surface area contributed by atoms with E-state index in [4.69, 9.17) is 0 Å². The van der Waals surface area contributed by atoms with Crippen LogP contribution in [0.3, 0.4) is 0 Å². The van der Waals surface area contributed by atoms with Gasteiger partial charge in [0.1, 0.15) is 0 Å². The van der Waals surface area contributed by atoms with Gasteiger partial charge in [0, 0.05) is 24.7 Å². The molecule has 0 unspecified atom stereocenters. The standard InChI is InChI=1S/C20H22F3N2O2/c1-3-4-10-24-19(27)25(2)13-15-11-16(20(21,22)23)12-17(18(15)26)14-8-6-5-7-9-14/h5-9,11-12H,3-4,10,13H2,1-2H3,(H,24,27). The van der Waals surface area contributed by atoms with Gasteiger partial charge in [0.2, 0.25) is 0 Å². The Morgan fingerprint density at radius 2 is 1.81 bits per heavy atom. The summed E-state index contributed by atoms with van der Waals surface area (Å²) < 4.78 is 39.9. The van der Waals surface area contributed by atoms with Crippen LogP contribution in [0.5, 0.6) is 5.75 Å². The van der Waals surface area contributed by atoms with Crippen molar-refractivity contribution in [2.24, 2.45) is 0 Å². The Morgan fingerprint density at radius 1 is 1.15 bits per heavy atom. The molecule has 4 nitrogen and oxygen atoms in total. The zero-order valence-electron chi connectivity index (χ0n) is 15.3. The summed E-state index contributed by atoms with van der Waals surface area (Å²) in [4.78, 5) is 13.3. The second kappa shape index (κ2) is 8.79. The van der Waals surface area contributed by atoms with Crippen molar-refractivity contribution in [2.45, 2.75) is 32.5 Å². The molecule has 2 amide bonds. The maximum Gasteiger partial charge on any atom is 0.416 e. The Morgan fingerprint density at radius 3 is 2.41 bits per heavy atom. The van der Waals surface area contributed by atoms with Crippen LogP contribution < -0.4 is 5.32 Å². The highest BCUT2D eigenvalue weighted by Crippen LogP contribution is 2.40. The van der Waals surface area contributed by atoms with Crippen molar-refractivity contribution in [1.82, 2.24) is 10.2 Å². The molecule has 7 heteroatoms. The Bertz CT molecular complexity index is 777. The fraction of sp³-hybridized carbons (Fsp3) is 0.350. The molecule has 0 fully saturated rings. The molecule has 0 aromatic heterocycles. The minimum atomic E-state index is -4.59. The number of urea groups is 1. The fourth-order valence-electron chi connectivity index (χ4n) is 2.64. The Balaban J connectivity index is 2.36. The molecule has 2 rings (SSSR count). The van der Waals surface area contributed by atoms with E-state index >= 15 is 0 Å². The smallest absolute Gasteiger partial charge is 0.338 e. The zero-order chi connectivity index (χ0) is 20.0. The molecule has 2 aromatic rings. The number of hydrogen-bond donors (Lipinski definition) is 1. The van der Waals surface area contributed by atoms with Crippen molar-refractivity contribution in [1.29, 1.82) is 0 Å². The Hall–Kier alpha value is -2.70. The number of carbonyl (C=O) groups is 1. The van der Waals surface area contributed by atoms with E-state index < -0.39 is 23.5 Å². The van der Waals surface area contributed by atoms with E-state index in [0.29, 0.717) is 12.1 Å². The summed E-state index contributed by atoms with van der Waals surface area (Å²) in [6, 6.07) is 9.46. The van der Waals surface area contributed by atoms with Gasteiger partial charge >= 0.3 is 12.2 Å². The van der Waals surface area contributed by atoms with Gasteiger partial charge in [0.25, 0.3) is 0 Å². The average molecular weight is 379 g/mol. The number of alkyl halides is 3. The maximum absolute atomic E-state index is 13.3. The topological polar surface area (TPSA) is 52.2 Å². The molecule has 0 spiro atoms. The molecule has 0 saturated heterocycles. The maximum atomic E-state index is 13.3. The molecule has 2 aromatic carbocycles. The van der Waals surface area contributed by atoms with Gasteiger partial charge in [-0.3, -0.25) is 5.11 Å². The predicted octanol–water partition coefficient (Wildman–Crippen LogP) is 5.46. The van der Waals surface area contributed by atoms with E-state index in [1.165, 1.54) is 11.9 Å². The molecule has 0 aliphatic rings. The van der Waals surface area contributed by atoms with Gasteiger partial charge in [-0.1, -0.05) is 43.7 Å². The summed E-state index contributed by atoms with van der Waals surface area (Å²) in [5, 5.41) is 15.4. The first-order valence-electron chi connectivity index (χ1n) is 8.69. The van der Waals surface area contributed by atoms with Crippen molar-refractivity contribution in [3.63, 3.8) is 0 Å². The third-order valence-electron chi connectivity index (χ3n) is 4.14. The lowest BCUT2D eigenvalue weighted by Crippen LogP contribution is -2.37. The van der Waals surface area contributed by atoms with E-state index in [1.54, 1.807) is 30.3 Å². The van der Waals surface area contributed by atoms with Gasteiger partial charge in [-0.25, -0.2) is 4.79 Å². The van der Waals surface area contributed by atoms with E-state index in [9.17, 15) is 23.1 Å². The average Bonchev–Trinajstić information content (AvgIpc) is 2.63. The molecule has 0 heterocycles. The van der Waals surface area contributed by atoms with Crippen LogP contribution in [0.25, 0.3) is 11.1 Å². The first kappa shape index (κ1) is 20.6. The van der Waals surface area contributed by atoms with Crippen LogP contribution in [0.15, 0.2) is 42.5 Å². The van der Waals surface area contributed by atoms with Crippen LogP contribution >= 0.6 is 0 Å². The third-order valence-corrected chi connectivity index (χ3v) is 4.14. The van der Waals surface area contributed by atoms with Crippen LogP contribution in [0.4, 0.5) is 18.0 Å². The highest BCUT2D eigenvalue weighted by Gasteiger charge is 2.33. The molecule has 0 atom stereocenters. The molecule has 0 aliphatic carbocycles. The van der Waals surface area contributed by atoms with Gasteiger partial charge < -0.3 is 10.2 Å². The van der Waals surface area contributed by atoms with Crippen LogP contribution in [0.2, 0.25) is 0 Å². The van der Waals surface area contributed by atoms with E-state index in [1.807, 2.05) is 6.92 Å². The van der Waals surface area contributed by atoms with Gasteiger partial charge in [-0.15, -0.1) is 0 Å². The minimum absolute atomic E-state index is 0.0276. The van der Waals surface area contributed by atoms with E-state index in [0.717, 1.165) is 25.0 Å². The largest absolute Gasteiger partial charge is 0.416 e. The summed E-state index contributed by atoms with van der Waals surface area (Å²) in [7, 11) is 1.45. The molecule has 1 radical (unpaired) electrons. The van der Waals surface area contributed by atoms with E-state index in [2.05, 4.69) is 5.32 Å². The van der Waals surface area contributed by atoms with Crippen LogP contribution in [-0.4, -0.2) is 24.5 Å². The summed E-state index contributed by atoms with van der Waals surface area (Å²) >= 11 is 0. The summed E-state index contributed by atoms with van der Waals surface area (Å²) in [5.41, 5.74) is -0.599. The van der Waals surface area contributed by atoms with Crippen LogP contribution in [-0.2, 0) is 17.8 Å². The quantitative estimate of drug-likeness (QED) is 0.666. The predicted molar refractivity (Wildman–Crippen MR) is 96.8 cm³/mol. The number of nitrogens with zero attached hydrogens (tertiary/aromatic N) is 1. The fourth-order valence-corrected chi connectivity index (χ4v) is 2.64. The molecular weight excluding hydrogens is 357 g/mol. The first-order valence-corrected chi connectivity index (χ1v) is 8.69. The molecule has 145 valence electrons. The Labute approximate surface area is 156 Å². The lowest BCUT2D eigenvalue weighted by atomic mass is 9.97. The summed E-state index contributed by atoms with van der Waals surface area (Å²) in [6.07, 6.45) is -2.88. The monoisotopic (exact) mass is 379 g/mol. The van der Waals surface area contributed by atoms with Crippen molar-refractivity contribution < 1.29 is 23.1 Å². The SMILES string of the molecule is CCCCNC(=O)N(C)Cc1cc(C(F)(F)F)cc(-c2ccccc2)c1[O]. The second-order valence-electron chi connectivity index (χ2n) is 6.32. The molecule has 0 saturated carbocycles. The number of nitrogens with one attached hydrogen (secondary N) is 1. The summed E-state index contributed by atoms with van der Waals surface area (Å²) in [6.45, 7) is 2.25. The van der Waals surface area contributed by atoms with Crippen molar-refractivity contribution >= 4 is 6.03 Å². The van der Waals surface area contributed by atoms with Gasteiger partial charge in [0.05, 0.1) is 12.1 Å². The van der Waals surface area contributed by atoms with Crippen LogP contribution in [0, 0.1) is 0 Å². The van der Waals surface area contributed by atoms with Crippen molar-refractivity contribution in [2.75, 3.05) is 13.6 Å². The molecule has 0 aliphatic heterocycles. The lowest BCUT2D eigenvalue weighted by molar-refractivity contribution is -0.137. The minimum Gasteiger partial charge on any atom is -0.338 e. The highest BCUT2D eigenvalue weighted by atomic mass is 19.4. The molecular formula is C20H22F3N2O2. The number of hydrogen-bond acceptors (Lipinski definition) is 1.